The second-order valence-corrected chi connectivity index (χ2v) is 4.16. The van der Waals surface area contributed by atoms with Crippen LogP contribution < -0.4 is 0 Å². The molecule has 0 radical (unpaired) electrons. The molecule has 2 aliphatic rings. The fraction of sp³-hybridized carbons (Fsp3) is 0.636. The first-order valence-corrected chi connectivity index (χ1v) is 5.06. The van der Waals surface area contributed by atoms with Crippen molar-refractivity contribution in [1.29, 1.82) is 0 Å². The van der Waals surface area contributed by atoms with Crippen LogP contribution in [0.1, 0.15) is 12.8 Å². The maximum absolute atomic E-state index is 9.67. The summed E-state index contributed by atoms with van der Waals surface area (Å²) in [5.74, 6) is 1.59. The number of aliphatic hydroxyl groups is 1. The van der Waals surface area contributed by atoms with Crippen LogP contribution in [-0.2, 0) is 4.74 Å². The van der Waals surface area contributed by atoms with Gasteiger partial charge in [0.25, 0.3) is 0 Å². The zero-order valence-corrected chi connectivity index (χ0v) is 8.79. The van der Waals surface area contributed by atoms with Crippen molar-refractivity contribution in [2.45, 2.75) is 12.8 Å². The summed E-state index contributed by atoms with van der Waals surface area (Å²) >= 11 is 0. The molecule has 1 aliphatic heterocycles. The zero-order chi connectivity index (χ0) is 10.1. The minimum absolute atomic E-state index is 0.408. The fourth-order valence-electron chi connectivity index (χ4n) is 2.24. The number of fused-ring (bicyclic) bond motifs is 1. The zero-order valence-electron chi connectivity index (χ0n) is 8.79. The van der Waals surface area contributed by atoms with E-state index in [0.717, 1.165) is 25.9 Å². The summed E-state index contributed by atoms with van der Waals surface area (Å²) in [6, 6.07) is 0. The van der Waals surface area contributed by atoms with Crippen molar-refractivity contribution in [3.8, 4) is 0 Å². The van der Waals surface area contributed by atoms with E-state index in [9.17, 15) is 5.11 Å². The minimum atomic E-state index is 0.408. The van der Waals surface area contributed by atoms with E-state index in [4.69, 9.17) is 4.74 Å². The Morgan fingerprint density at radius 3 is 3.07 bits per heavy atom. The first-order valence-electron chi connectivity index (χ1n) is 5.06. The summed E-state index contributed by atoms with van der Waals surface area (Å²) in [4.78, 5) is 2.30. The Balaban J connectivity index is 2.21. The Morgan fingerprint density at radius 2 is 2.36 bits per heavy atom. The van der Waals surface area contributed by atoms with Gasteiger partial charge in [-0.3, -0.25) is 0 Å². The summed E-state index contributed by atoms with van der Waals surface area (Å²) in [6.07, 6.45) is 3.89. The molecule has 0 aromatic rings. The van der Waals surface area contributed by atoms with E-state index in [0.29, 0.717) is 17.4 Å². The van der Waals surface area contributed by atoms with Gasteiger partial charge in [0.05, 0.1) is 7.11 Å². The lowest BCUT2D eigenvalue weighted by Crippen LogP contribution is -2.34. The third kappa shape index (κ3) is 1.64. The molecule has 1 fully saturated rings. The van der Waals surface area contributed by atoms with Gasteiger partial charge in [0.1, 0.15) is 5.76 Å². The highest BCUT2D eigenvalue weighted by Crippen LogP contribution is 2.33. The van der Waals surface area contributed by atoms with Crippen LogP contribution in [0.5, 0.6) is 0 Å². The predicted molar refractivity (Wildman–Crippen MR) is 55.0 cm³/mol. The predicted octanol–water partition coefficient (Wildman–Crippen LogP) is 1.68. The molecule has 3 nitrogen and oxygen atoms in total. The lowest BCUT2D eigenvalue weighted by Gasteiger charge is -2.34. The van der Waals surface area contributed by atoms with Crippen molar-refractivity contribution in [3.63, 3.8) is 0 Å². The third-order valence-electron chi connectivity index (χ3n) is 3.10. The summed E-state index contributed by atoms with van der Waals surface area (Å²) in [5, 5.41) is 9.67. The molecule has 0 bridgehead atoms. The van der Waals surface area contributed by atoms with Crippen molar-refractivity contribution in [3.05, 3.63) is 23.2 Å². The van der Waals surface area contributed by atoms with Gasteiger partial charge < -0.3 is 14.7 Å². The van der Waals surface area contributed by atoms with Gasteiger partial charge >= 0.3 is 0 Å². The monoisotopic (exact) mass is 195 g/mol. The van der Waals surface area contributed by atoms with Crippen molar-refractivity contribution < 1.29 is 9.84 Å². The average molecular weight is 195 g/mol. The Bertz CT molecular complexity index is 294. The number of likely N-dealkylation sites (tertiary alicyclic amines) is 1. The first-order chi connectivity index (χ1) is 6.70. The van der Waals surface area contributed by atoms with Crippen LogP contribution in [0.4, 0.5) is 0 Å². The highest BCUT2D eigenvalue weighted by atomic mass is 16.5. The molecule has 1 saturated heterocycles. The second-order valence-electron chi connectivity index (χ2n) is 4.16. The number of nitrogens with zero attached hydrogens (tertiary/aromatic N) is 1. The highest BCUT2D eigenvalue weighted by molar-refractivity contribution is 5.30. The van der Waals surface area contributed by atoms with Crippen LogP contribution in [0.25, 0.3) is 0 Å². The van der Waals surface area contributed by atoms with Gasteiger partial charge in [0, 0.05) is 13.0 Å². The molecule has 1 N–H and O–H groups in total. The van der Waals surface area contributed by atoms with E-state index in [1.54, 1.807) is 7.11 Å². The molecule has 1 heterocycles. The first kappa shape index (κ1) is 9.59. The smallest absolute Gasteiger partial charge is 0.156 e. The van der Waals surface area contributed by atoms with E-state index in [-0.39, 0.29) is 0 Å². The number of likely N-dealkylation sites (N-methyl/N-ethyl adjacent to an activating group) is 1. The van der Waals surface area contributed by atoms with Gasteiger partial charge in [-0.1, -0.05) is 0 Å². The van der Waals surface area contributed by atoms with E-state index in [1.165, 1.54) is 5.57 Å². The summed E-state index contributed by atoms with van der Waals surface area (Å²) < 4.78 is 5.12. The van der Waals surface area contributed by atoms with Crippen LogP contribution in [0.2, 0.25) is 0 Å². The Kier molecular flexibility index (Phi) is 2.50. The molecule has 0 saturated carbocycles. The summed E-state index contributed by atoms with van der Waals surface area (Å²) in [7, 11) is 3.73. The van der Waals surface area contributed by atoms with Crippen molar-refractivity contribution in [1.82, 2.24) is 4.90 Å². The van der Waals surface area contributed by atoms with Crippen LogP contribution >= 0.6 is 0 Å². The Hall–Kier alpha value is -0.960. The van der Waals surface area contributed by atoms with Gasteiger partial charge in [-0.2, -0.15) is 0 Å². The molecule has 78 valence electrons. The molecule has 1 atom stereocenters. The minimum Gasteiger partial charge on any atom is -0.508 e. The number of hydrogen-bond donors (Lipinski definition) is 1. The third-order valence-corrected chi connectivity index (χ3v) is 3.10. The number of piperidine rings is 1. The van der Waals surface area contributed by atoms with Crippen molar-refractivity contribution in [2.75, 3.05) is 27.2 Å². The van der Waals surface area contributed by atoms with Crippen LogP contribution in [0.3, 0.4) is 0 Å². The molecule has 2 rings (SSSR count). The SMILES string of the molecule is COC1=C(O)CC2CCN(C)CC2=C1. The molecule has 0 amide bonds. The molecule has 0 aromatic heterocycles. The Labute approximate surface area is 84.7 Å². The number of methoxy groups -OCH3 is 1. The molecular weight excluding hydrogens is 178 g/mol. The topological polar surface area (TPSA) is 32.7 Å². The van der Waals surface area contributed by atoms with Gasteiger partial charge in [-0.15, -0.1) is 0 Å². The maximum Gasteiger partial charge on any atom is 0.156 e. The highest BCUT2D eigenvalue weighted by Gasteiger charge is 2.27. The molecular formula is C11H17NO2. The fourth-order valence-corrected chi connectivity index (χ4v) is 2.24. The summed E-state index contributed by atoms with van der Waals surface area (Å²) in [6.45, 7) is 2.13. The van der Waals surface area contributed by atoms with Crippen molar-refractivity contribution in [2.24, 2.45) is 5.92 Å². The molecule has 0 spiro atoms. The lowest BCUT2D eigenvalue weighted by molar-refractivity contribution is 0.219. The quantitative estimate of drug-likeness (QED) is 0.691. The van der Waals surface area contributed by atoms with Crippen LogP contribution in [0.15, 0.2) is 23.2 Å². The largest absolute Gasteiger partial charge is 0.508 e. The van der Waals surface area contributed by atoms with Gasteiger partial charge in [0.15, 0.2) is 5.76 Å². The molecule has 3 heteroatoms. The van der Waals surface area contributed by atoms with Crippen LogP contribution in [-0.4, -0.2) is 37.3 Å². The van der Waals surface area contributed by atoms with E-state index in [1.807, 2.05) is 6.08 Å². The van der Waals surface area contributed by atoms with Gasteiger partial charge in [0.2, 0.25) is 0 Å². The normalized spacial score (nSPS) is 28.4. The number of rotatable bonds is 1. The lowest BCUT2D eigenvalue weighted by atomic mass is 9.84. The molecule has 1 aliphatic carbocycles. The average Bonchev–Trinajstić information content (AvgIpc) is 2.17. The number of allylic oxidation sites excluding steroid dienone is 2. The van der Waals surface area contributed by atoms with Crippen LogP contribution in [0, 0.1) is 5.92 Å². The number of ether oxygens (including phenoxy) is 1. The Morgan fingerprint density at radius 1 is 1.57 bits per heavy atom. The van der Waals surface area contributed by atoms with Gasteiger partial charge in [-0.25, -0.2) is 0 Å². The molecule has 14 heavy (non-hydrogen) atoms. The number of aliphatic hydroxyl groups excluding tert-OH is 1. The summed E-state index contributed by atoms with van der Waals surface area (Å²) in [5.41, 5.74) is 1.40. The second kappa shape index (κ2) is 3.65. The molecule has 0 aromatic carbocycles. The van der Waals surface area contributed by atoms with E-state index < -0.39 is 0 Å². The van der Waals surface area contributed by atoms with Crippen molar-refractivity contribution >= 4 is 0 Å². The van der Waals surface area contributed by atoms with E-state index in [2.05, 4.69) is 11.9 Å². The standard InChI is InChI=1S/C11H17NO2/c1-12-4-3-8-5-10(13)11(14-2)6-9(8)7-12/h6,8,13H,3-5,7H2,1-2H3. The number of hydrogen-bond acceptors (Lipinski definition) is 3. The maximum atomic E-state index is 9.67. The van der Waals surface area contributed by atoms with Gasteiger partial charge in [-0.05, 0) is 37.6 Å². The molecule has 1 unspecified atom stereocenters. The van der Waals surface area contributed by atoms with E-state index >= 15 is 0 Å².